The number of benzene rings is 3. The van der Waals surface area contributed by atoms with Gasteiger partial charge in [0.05, 0.1) is 5.69 Å². The smallest absolute Gasteiger partial charge is 0.273 e. The van der Waals surface area contributed by atoms with E-state index >= 15 is 0 Å². The summed E-state index contributed by atoms with van der Waals surface area (Å²) in [6.45, 7) is 4.18. The second kappa shape index (κ2) is 14.4. The second-order valence-electron chi connectivity index (χ2n) is 11.5. The molecule has 1 heterocycles. The zero-order valence-corrected chi connectivity index (χ0v) is 26.4. The van der Waals surface area contributed by atoms with Crippen molar-refractivity contribution in [1.82, 2.24) is 15.0 Å². The minimum Gasteiger partial charge on any atom is -0.508 e. The highest BCUT2D eigenvalue weighted by Gasteiger charge is 2.37. The first-order valence-electron chi connectivity index (χ1n) is 15.3. The SMILES string of the molecule is Cc1cccc(N(C(=O)c2snc(C(=O)NC3CCCCC3)c2N)[C@H](C(=O)NCCc2ccccc2)c2ccc(O)cc2)c1C. The monoisotopic (exact) mass is 625 g/mol. The number of rotatable bonds is 10. The highest BCUT2D eigenvalue weighted by molar-refractivity contribution is 7.09. The molecule has 0 bridgehead atoms. The van der Waals surface area contributed by atoms with E-state index in [9.17, 15) is 19.5 Å². The molecule has 1 fully saturated rings. The van der Waals surface area contributed by atoms with Gasteiger partial charge < -0.3 is 21.5 Å². The van der Waals surface area contributed by atoms with Crippen LogP contribution in [0, 0.1) is 13.8 Å². The number of aromatic hydroxyl groups is 1. The van der Waals surface area contributed by atoms with Crippen molar-refractivity contribution in [3.05, 3.63) is 106 Å². The third-order valence-electron chi connectivity index (χ3n) is 8.40. The van der Waals surface area contributed by atoms with E-state index in [2.05, 4.69) is 15.0 Å². The maximum Gasteiger partial charge on any atom is 0.273 e. The molecule has 0 saturated heterocycles. The van der Waals surface area contributed by atoms with E-state index < -0.39 is 23.8 Å². The first-order chi connectivity index (χ1) is 21.7. The van der Waals surface area contributed by atoms with Crippen LogP contribution < -0.4 is 21.3 Å². The molecule has 1 aliphatic rings. The number of nitrogens with zero attached hydrogens (tertiary/aromatic N) is 2. The van der Waals surface area contributed by atoms with Crippen LogP contribution in [0.1, 0.15) is 80.6 Å². The molecule has 5 N–H and O–H groups in total. The van der Waals surface area contributed by atoms with Crippen LogP contribution in [0.4, 0.5) is 11.4 Å². The number of anilines is 2. The number of carbonyl (C=O) groups is 3. The molecule has 5 rings (SSSR count). The topological polar surface area (TPSA) is 138 Å². The molecule has 1 saturated carbocycles. The number of nitrogens with one attached hydrogen (secondary N) is 2. The van der Waals surface area contributed by atoms with E-state index in [-0.39, 0.29) is 28.0 Å². The molecule has 0 spiro atoms. The molecule has 10 heteroatoms. The lowest BCUT2D eigenvalue weighted by Crippen LogP contribution is -2.45. The van der Waals surface area contributed by atoms with Crippen molar-refractivity contribution < 1.29 is 19.5 Å². The van der Waals surface area contributed by atoms with Gasteiger partial charge in [0, 0.05) is 18.3 Å². The van der Waals surface area contributed by atoms with Crippen molar-refractivity contribution in [1.29, 1.82) is 0 Å². The van der Waals surface area contributed by atoms with Gasteiger partial charge in [0.15, 0.2) is 5.69 Å². The van der Waals surface area contributed by atoms with Gasteiger partial charge in [0.1, 0.15) is 16.7 Å². The fraction of sp³-hybridized carbons (Fsp3) is 0.314. The van der Waals surface area contributed by atoms with Gasteiger partial charge in [-0.1, -0.05) is 73.9 Å². The summed E-state index contributed by atoms with van der Waals surface area (Å²) in [7, 11) is 0. The van der Waals surface area contributed by atoms with Crippen molar-refractivity contribution in [2.45, 2.75) is 64.5 Å². The van der Waals surface area contributed by atoms with Crippen molar-refractivity contribution in [2.75, 3.05) is 17.2 Å². The largest absolute Gasteiger partial charge is 0.508 e. The van der Waals surface area contributed by atoms with Crippen LogP contribution >= 0.6 is 11.5 Å². The number of hydrogen-bond donors (Lipinski definition) is 4. The number of nitrogens with two attached hydrogens (primary N) is 1. The number of phenolic OH excluding ortho intramolecular Hbond substituents is 1. The number of phenols is 1. The summed E-state index contributed by atoms with van der Waals surface area (Å²) in [5.74, 6) is -1.32. The fourth-order valence-corrected chi connectivity index (χ4v) is 6.47. The van der Waals surface area contributed by atoms with E-state index in [1.54, 1.807) is 18.2 Å². The highest BCUT2D eigenvalue weighted by atomic mass is 32.1. The second-order valence-corrected chi connectivity index (χ2v) is 12.3. The molecule has 3 aromatic carbocycles. The van der Waals surface area contributed by atoms with E-state index in [0.29, 0.717) is 24.2 Å². The molecule has 1 aliphatic carbocycles. The molecular formula is C35H39N5O4S. The zero-order chi connectivity index (χ0) is 31.9. The van der Waals surface area contributed by atoms with Crippen molar-refractivity contribution >= 4 is 40.6 Å². The van der Waals surface area contributed by atoms with Crippen LogP contribution in [0.2, 0.25) is 0 Å². The minimum atomic E-state index is -1.12. The lowest BCUT2D eigenvalue weighted by Gasteiger charge is -2.32. The summed E-state index contributed by atoms with van der Waals surface area (Å²) in [6, 6.07) is 20.5. The lowest BCUT2D eigenvalue weighted by atomic mass is 9.95. The van der Waals surface area contributed by atoms with E-state index in [1.807, 2.05) is 56.3 Å². The third-order valence-corrected chi connectivity index (χ3v) is 9.25. The van der Waals surface area contributed by atoms with Gasteiger partial charge >= 0.3 is 0 Å². The van der Waals surface area contributed by atoms with Gasteiger partial charge in [-0.25, -0.2) is 0 Å². The number of aromatic nitrogens is 1. The predicted octanol–water partition coefficient (Wildman–Crippen LogP) is 5.86. The number of hydrogen-bond acceptors (Lipinski definition) is 7. The van der Waals surface area contributed by atoms with Gasteiger partial charge in [-0.3, -0.25) is 19.3 Å². The molecule has 45 heavy (non-hydrogen) atoms. The van der Waals surface area contributed by atoms with Gasteiger partial charge in [0.2, 0.25) is 5.91 Å². The molecule has 1 atom stereocenters. The number of amides is 3. The Kier molecular flexibility index (Phi) is 10.1. The van der Waals surface area contributed by atoms with Crippen LogP contribution in [0.25, 0.3) is 0 Å². The van der Waals surface area contributed by atoms with Gasteiger partial charge in [0.25, 0.3) is 11.8 Å². The van der Waals surface area contributed by atoms with Gasteiger partial charge in [-0.05, 0) is 85.1 Å². The molecule has 0 unspecified atom stereocenters. The average molecular weight is 626 g/mol. The number of carbonyl (C=O) groups excluding carboxylic acids is 3. The summed E-state index contributed by atoms with van der Waals surface area (Å²) in [5, 5.41) is 16.1. The zero-order valence-electron chi connectivity index (χ0n) is 25.6. The normalized spacial score (nSPS) is 14.0. The predicted molar refractivity (Wildman–Crippen MR) is 178 cm³/mol. The summed E-state index contributed by atoms with van der Waals surface area (Å²) in [6.07, 6.45) is 5.66. The molecule has 0 radical (unpaired) electrons. The summed E-state index contributed by atoms with van der Waals surface area (Å²) < 4.78 is 4.31. The quantitative estimate of drug-likeness (QED) is 0.174. The average Bonchev–Trinajstić information content (AvgIpc) is 3.44. The van der Waals surface area contributed by atoms with Gasteiger partial charge in [-0.15, -0.1) is 0 Å². The highest BCUT2D eigenvalue weighted by Crippen LogP contribution is 2.36. The third kappa shape index (κ3) is 7.34. The summed E-state index contributed by atoms with van der Waals surface area (Å²) >= 11 is 0.851. The Morgan fingerprint density at radius 2 is 1.69 bits per heavy atom. The van der Waals surface area contributed by atoms with Crippen LogP contribution in [0.3, 0.4) is 0 Å². The van der Waals surface area contributed by atoms with Crippen LogP contribution in [-0.4, -0.2) is 39.8 Å². The van der Waals surface area contributed by atoms with Crippen LogP contribution in [0.5, 0.6) is 5.75 Å². The first-order valence-corrected chi connectivity index (χ1v) is 16.1. The molecule has 234 valence electrons. The Balaban J connectivity index is 1.52. The van der Waals surface area contributed by atoms with Crippen molar-refractivity contribution in [3.63, 3.8) is 0 Å². The molecule has 3 amide bonds. The van der Waals surface area contributed by atoms with Crippen LogP contribution in [-0.2, 0) is 11.2 Å². The fourth-order valence-electron chi connectivity index (χ4n) is 5.73. The lowest BCUT2D eigenvalue weighted by molar-refractivity contribution is -0.122. The number of nitrogen functional groups attached to an aromatic ring is 1. The standard InChI is InChI=1S/C35H39N5O4S/c1-22-10-9-15-28(23(22)2)40(35(44)32-29(36)30(39-45-32)33(42)38-26-13-7-4-8-14-26)31(25-16-18-27(41)19-17-25)34(43)37-21-20-24-11-5-3-6-12-24/h3,5-6,9-12,15-19,26,31,41H,4,7-8,13-14,20-21,36H2,1-2H3,(H,37,43)(H,38,42)/t31-/m0/s1. The Morgan fingerprint density at radius 3 is 2.40 bits per heavy atom. The van der Waals surface area contributed by atoms with E-state index in [1.165, 1.54) is 17.0 Å². The maximum absolute atomic E-state index is 14.6. The van der Waals surface area contributed by atoms with Crippen molar-refractivity contribution in [3.8, 4) is 5.75 Å². The minimum absolute atomic E-state index is 0.0115. The molecule has 0 aliphatic heterocycles. The Labute approximate surface area is 267 Å². The van der Waals surface area contributed by atoms with E-state index in [0.717, 1.165) is 60.3 Å². The maximum atomic E-state index is 14.6. The first kappa shape index (κ1) is 31.7. The Hall–Kier alpha value is -4.70. The van der Waals surface area contributed by atoms with E-state index in [4.69, 9.17) is 5.73 Å². The van der Waals surface area contributed by atoms with Crippen LogP contribution in [0.15, 0.2) is 72.8 Å². The Morgan fingerprint density at radius 1 is 0.978 bits per heavy atom. The summed E-state index contributed by atoms with van der Waals surface area (Å²) in [5.41, 5.74) is 10.3. The molecule has 4 aromatic rings. The van der Waals surface area contributed by atoms with Crippen molar-refractivity contribution in [2.24, 2.45) is 0 Å². The summed E-state index contributed by atoms with van der Waals surface area (Å²) in [4.78, 5) is 43.4. The molecule has 9 nitrogen and oxygen atoms in total. The van der Waals surface area contributed by atoms with Gasteiger partial charge in [-0.2, -0.15) is 4.37 Å². The number of aryl methyl sites for hydroxylation is 1. The Bertz CT molecular complexity index is 1650. The molecule has 1 aromatic heterocycles. The molecular weight excluding hydrogens is 586 g/mol.